The molecule has 0 saturated carbocycles. The molecule has 14 heavy (non-hydrogen) atoms. The maximum Gasteiger partial charge on any atom is 0.212 e. The molecule has 84 valence electrons. The first-order chi connectivity index (χ1) is 6.32. The van der Waals surface area contributed by atoms with Crippen LogP contribution < -0.4 is 0 Å². The van der Waals surface area contributed by atoms with Crippen LogP contribution in [0.4, 0.5) is 0 Å². The Hall–Kier alpha value is -0.170. The van der Waals surface area contributed by atoms with Crippen LogP contribution in [0.1, 0.15) is 0 Å². The van der Waals surface area contributed by atoms with Gasteiger partial charge in [0.15, 0.2) is 0 Å². The van der Waals surface area contributed by atoms with Crippen molar-refractivity contribution in [1.82, 2.24) is 14.1 Å². The van der Waals surface area contributed by atoms with Crippen LogP contribution in [-0.4, -0.2) is 75.7 Å². The Labute approximate surface area is 86.3 Å². The van der Waals surface area contributed by atoms with Crippen molar-refractivity contribution in [3.8, 4) is 0 Å². The Balaban J connectivity index is 2.83. The third-order valence-corrected chi connectivity index (χ3v) is 3.81. The first kappa shape index (κ1) is 11.9. The van der Waals surface area contributed by atoms with Gasteiger partial charge in [0.2, 0.25) is 10.0 Å². The summed E-state index contributed by atoms with van der Waals surface area (Å²) in [5, 5.41) is 0. The van der Waals surface area contributed by atoms with E-state index in [1.165, 1.54) is 6.26 Å². The first-order valence-electron chi connectivity index (χ1n) is 4.64. The molecule has 0 spiro atoms. The number of hydrogen-bond acceptors (Lipinski definition) is 4. The van der Waals surface area contributed by atoms with Crippen molar-refractivity contribution in [2.45, 2.75) is 6.17 Å². The van der Waals surface area contributed by atoms with Gasteiger partial charge in [-0.1, -0.05) is 0 Å². The number of hydrogen-bond donors (Lipinski definition) is 0. The third-order valence-electron chi connectivity index (χ3n) is 2.53. The highest BCUT2D eigenvalue weighted by atomic mass is 32.2. The highest BCUT2D eigenvalue weighted by molar-refractivity contribution is 7.88. The predicted octanol–water partition coefficient (Wildman–Crippen LogP) is -0.919. The molecule has 5 nitrogen and oxygen atoms in total. The van der Waals surface area contributed by atoms with E-state index in [-0.39, 0.29) is 6.17 Å². The first-order valence-corrected chi connectivity index (χ1v) is 6.49. The van der Waals surface area contributed by atoms with Gasteiger partial charge in [-0.3, -0.25) is 4.90 Å². The van der Waals surface area contributed by atoms with E-state index in [4.69, 9.17) is 0 Å². The van der Waals surface area contributed by atoms with Gasteiger partial charge in [0, 0.05) is 19.6 Å². The standard InChI is InChI=1S/C8H19N3O2S/c1-9(2)8-7-10(3)5-6-11(8)14(4,12)13/h8H,5-7H2,1-4H3. The van der Waals surface area contributed by atoms with Gasteiger partial charge in [-0.2, -0.15) is 4.31 Å². The molecule has 6 heteroatoms. The van der Waals surface area contributed by atoms with Gasteiger partial charge in [0.05, 0.1) is 12.4 Å². The van der Waals surface area contributed by atoms with Crippen LogP contribution in [0.2, 0.25) is 0 Å². The molecule has 0 N–H and O–H groups in total. The van der Waals surface area contributed by atoms with Crippen LogP contribution in [0.25, 0.3) is 0 Å². The van der Waals surface area contributed by atoms with E-state index < -0.39 is 10.0 Å². The van der Waals surface area contributed by atoms with Gasteiger partial charge in [0.25, 0.3) is 0 Å². The summed E-state index contributed by atoms with van der Waals surface area (Å²) in [6, 6.07) is 0. The second-order valence-corrected chi connectivity index (χ2v) is 6.02. The summed E-state index contributed by atoms with van der Waals surface area (Å²) in [6.45, 7) is 2.15. The quantitative estimate of drug-likeness (QED) is 0.605. The van der Waals surface area contributed by atoms with Crippen molar-refractivity contribution in [2.75, 3.05) is 47.0 Å². The van der Waals surface area contributed by atoms with Crippen LogP contribution in [-0.2, 0) is 10.0 Å². The largest absolute Gasteiger partial charge is 0.302 e. The Morgan fingerprint density at radius 1 is 1.29 bits per heavy atom. The number of rotatable bonds is 2. The third kappa shape index (κ3) is 2.66. The lowest BCUT2D eigenvalue weighted by atomic mass is 10.3. The van der Waals surface area contributed by atoms with Crippen LogP contribution >= 0.6 is 0 Å². The summed E-state index contributed by atoms with van der Waals surface area (Å²) in [5.41, 5.74) is 0. The highest BCUT2D eigenvalue weighted by Gasteiger charge is 2.32. The molecule has 1 fully saturated rings. The average Bonchev–Trinajstić information content (AvgIpc) is 2.01. The zero-order valence-corrected chi connectivity index (χ0v) is 10.1. The van der Waals surface area contributed by atoms with Crippen molar-refractivity contribution in [1.29, 1.82) is 0 Å². The molecule has 1 heterocycles. The van der Waals surface area contributed by atoms with E-state index in [1.807, 2.05) is 26.0 Å². The van der Waals surface area contributed by atoms with Gasteiger partial charge < -0.3 is 4.90 Å². The fourth-order valence-electron chi connectivity index (χ4n) is 1.69. The van der Waals surface area contributed by atoms with Crippen molar-refractivity contribution in [3.05, 3.63) is 0 Å². The number of likely N-dealkylation sites (N-methyl/N-ethyl adjacent to an activating group) is 2. The maximum absolute atomic E-state index is 11.5. The average molecular weight is 221 g/mol. The molecule has 1 unspecified atom stereocenters. The van der Waals surface area contributed by atoms with E-state index in [1.54, 1.807) is 4.31 Å². The molecule has 1 aliphatic heterocycles. The van der Waals surface area contributed by atoms with Crippen LogP contribution in [0, 0.1) is 0 Å². The fourth-order valence-corrected chi connectivity index (χ4v) is 2.80. The van der Waals surface area contributed by atoms with E-state index in [0.717, 1.165) is 13.1 Å². The van der Waals surface area contributed by atoms with Crippen molar-refractivity contribution >= 4 is 10.0 Å². The Morgan fingerprint density at radius 2 is 1.86 bits per heavy atom. The minimum atomic E-state index is -3.08. The molecule has 0 aromatic carbocycles. The summed E-state index contributed by atoms with van der Waals surface area (Å²) in [5.74, 6) is 0. The molecule has 0 bridgehead atoms. The number of piperazine rings is 1. The van der Waals surface area contributed by atoms with Gasteiger partial charge in [-0.05, 0) is 21.1 Å². The zero-order chi connectivity index (χ0) is 10.9. The van der Waals surface area contributed by atoms with E-state index >= 15 is 0 Å². The van der Waals surface area contributed by atoms with Gasteiger partial charge in [0.1, 0.15) is 0 Å². The van der Waals surface area contributed by atoms with Gasteiger partial charge in [-0.15, -0.1) is 0 Å². The lowest BCUT2D eigenvalue weighted by Crippen LogP contribution is -2.58. The predicted molar refractivity (Wildman–Crippen MR) is 56.5 cm³/mol. The molecular weight excluding hydrogens is 202 g/mol. The summed E-state index contributed by atoms with van der Waals surface area (Å²) in [4.78, 5) is 4.09. The molecule has 1 atom stereocenters. The lowest BCUT2D eigenvalue weighted by molar-refractivity contribution is 0.0681. The molecular formula is C8H19N3O2S. The number of nitrogens with zero attached hydrogens (tertiary/aromatic N) is 3. The van der Waals surface area contributed by atoms with Gasteiger partial charge in [-0.25, -0.2) is 8.42 Å². The smallest absolute Gasteiger partial charge is 0.212 e. The van der Waals surface area contributed by atoms with Crippen LogP contribution in [0.15, 0.2) is 0 Å². The zero-order valence-electron chi connectivity index (χ0n) is 9.27. The lowest BCUT2D eigenvalue weighted by Gasteiger charge is -2.41. The van der Waals surface area contributed by atoms with Crippen molar-refractivity contribution in [2.24, 2.45) is 0 Å². The summed E-state index contributed by atoms with van der Waals surface area (Å²) in [6.07, 6.45) is 1.23. The molecule has 0 aromatic heterocycles. The van der Waals surface area contributed by atoms with Gasteiger partial charge >= 0.3 is 0 Å². The molecule has 1 rings (SSSR count). The van der Waals surface area contributed by atoms with E-state index in [0.29, 0.717) is 6.54 Å². The molecule has 0 aromatic rings. The molecule has 1 saturated heterocycles. The second kappa shape index (κ2) is 4.14. The second-order valence-electron chi connectivity index (χ2n) is 4.08. The fraction of sp³-hybridized carbons (Fsp3) is 1.00. The topological polar surface area (TPSA) is 43.9 Å². The maximum atomic E-state index is 11.5. The summed E-state index contributed by atoms with van der Waals surface area (Å²) >= 11 is 0. The minimum absolute atomic E-state index is 0.0382. The Kier molecular flexibility index (Phi) is 3.52. The Bertz CT molecular complexity index is 289. The SMILES string of the molecule is CN1CCN(S(C)(=O)=O)C(N(C)C)C1. The van der Waals surface area contributed by atoms with Crippen LogP contribution in [0.3, 0.4) is 0 Å². The summed E-state index contributed by atoms with van der Waals surface area (Å²) < 4.78 is 24.5. The molecule has 1 aliphatic rings. The minimum Gasteiger partial charge on any atom is -0.302 e. The van der Waals surface area contributed by atoms with E-state index in [9.17, 15) is 8.42 Å². The highest BCUT2D eigenvalue weighted by Crippen LogP contribution is 2.13. The van der Waals surface area contributed by atoms with Crippen LogP contribution in [0.5, 0.6) is 0 Å². The molecule has 0 amide bonds. The van der Waals surface area contributed by atoms with Crippen molar-refractivity contribution < 1.29 is 8.42 Å². The molecule has 0 radical (unpaired) electrons. The number of sulfonamides is 1. The monoisotopic (exact) mass is 221 g/mol. The molecule has 0 aliphatic carbocycles. The summed E-state index contributed by atoms with van der Waals surface area (Å²) in [7, 11) is 2.74. The normalized spacial score (nSPS) is 27.1. The Morgan fingerprint density at radius 3 is 2.29 bits per heavy atom. The van der Waals surface area contributed by atoms with Crippen molar-refractivity contribution in [3.63, 3.8) is 0 Å². The van der Waals surface area contributed by atoms with E-state index in [2.05, 4.69) is 4.90 Å².